The topological polar surface area (TPSA) is 78.0 Å². The lowest BCUT2D eigenvalue weighted by molar-refractivity contribution is -0.384. The van der Waals surface area contributed by atoms with Gasteiger partial charge in [0.05, 0.1) is 28.8 Å². The van der Waals surface area contributed by atoms with Crippen LogP contribution in [0.5, 0.6) is 0 Å². The van der Waals surface area contributed by atoms with Gasteiger partial charge in [0, 0.05) is 17.7 Å². The Morgan fingerprint density at radius 2 is 2.00 bits per heavy atom. The molecular formula is C15H11N3O3. The fourth-order valence-corrected chi connectivity index (χ4v) is 2.18. The van der Waals surface area contributed by atoms with Crippen molar-refractivity contribution in [3.05, 3.63) is 70.5 Å². The lowest BCUT2D eigenvalue weighted by atomic mass is 10.1. The molecule has 2 aromatic carbocycles. The minimum Gasteiger partial charge on any atom is -0.323 e. The van der Waals surface area contributed by atoms with Crippen LogP contribution in [-0.4, -0.2) is 20.3 Å². The average Bonchev–Trinajstić information content (AvgIpc) is 2.91. The van der Waals surface area contributed by atoms with Gasteiger partial charge in [0.2, 0.25) is 0 Å². The molecule has 0 aliphatic carbocycles. The second-order valence-corrected chi connectivity index (χ2v) is 4.59. The Hall–Kier alpha value is -3.02. The first kappa shape index (κ1) is 13.0. The van der Waals surface area contributed by atoms with Gasteiger partial charge in [0.25, 0.3) is 5.69 Å². The van der Waals surface area contributed by atoms with Crippen LogP contribution < -0.4 is 0 Å². The predicted octanol–water partition coefficient (Wildman–Crippen LogP) is 2.83. The fraction of sp³-hybridized carbons (Fsp3) is 0.0667. The summed E-state index contributed by atoms with van der Waals surface area (Å²) in [5.74, 6) is -0.193. The molecule has 0 fully saturated rings. The largest absolute Gasteiger partial charge is 0.323 e. The summed E-state index contributed by atoms with van der Waals surface area (Å²) >= 11 is 0. The number of carbonyl (C=O) groups is 1. The average molecular weight is 281 g/mol. The molecule has 0 saturated carbocycles. The number of hydrogen-bond acceptors (Lipinski definition) is 4. The van der Waals surface area contributed by atoms with Gasteiger partial charge in [-0.1, -0.05) is 24.3 Å². The highest BCUT2D eigenvalue weighted by molar-refractivity contribution is 5.97. The Labute approximate surface area is 119 Å². The molecule has 0 unspecified atom stereocenters. The predicted molar refractivity (Wildman–Crippen MR) is 77.2 cm³/mol. The third kappa shape index (κ3) is 2.51. The van der Waals surface area contributed by atoms with Crippen LogP contribution in [0.4, 0.5) is 5.69 Å². The van der Waals surface area contributed by atoms with Crippen LogP contribution in [0.25, 0.3) is 11.0 Å². The van der Waals surface area contributed by atoms with Crippen molar-refractivity contribution in [3.8, 4) is 0 Å². The number of aromatic nitrogens is 2. The number of nitrogens with zero attached hydrogens (tertiary/aromatic N) is 3. The van der Waals surface area contributed by atoms with Crippen LogP contribution in [0.1, 0.15) is 10.4 Å². The molecule has 0 N–H and O–H groups in total. The molecule has 0 amide bonds. The van der Waals surface area contributed by atoms with Gasteiger partial charge in [-0.2, -0.15) is 0 Å². The van der Waals surface area contributed by atoms with E-state index in [-0.39, 0.29) is 18.0 Å². The number of rotatable bonds is 4. The van der Waals surface area contributed by atoms with Crippen LogP contribution in [0.15, 0.2) is 54.9 Å². The number of para-hydroxylation sites is 2. The molecule has 6 nitrogen and oxygen atoms in total. The summed E-state index contributed by atoms with van der Waals surface area (Å²) in [7, 11) is 0. The number of non-ortho nitro benzene ring substituents is 1. The maximum Gasteiger partial charge on any atom is 0.270 e. The van der Waals surface area contributed by atoms with E-state index in [1.807, 2.05) is 24.3 Å². The van der Waals surface area contributed by atoms with Gasteiger partial charge in [0.15, 0.2) is 5.78 Å². The van der Waals surface area contributed by atoms with E-state index in [1.54, 1.807) is 17.0 Å². The summed E-state index contributed by atoms with van der Waals surface area (Å²) in [6, 6.07) is 13.2. The smallest absolute Gasteiger partial charge is 0.270 e. The molecule has 3 rings (SSSR count). The molecule has 21 heavy (non-hydrogen) atoms. The summed E-state index contributed by atoms with van der Waals surface area (Å²) in [5.41, 5.74) is 1.90. The van der Waals surface area contributed by atoms with E-state index in [1.165, 1.54) is 18.2 Å². The van der Waals surface area contributed by atoms with Crippen molar-refractivity contribution in [2.75, 3.05) is 0 Å². The third-order valence-corrected chi connectivity index (χ3v) is 3.22. The Morgan fingerprint density at radius 3 is 2.81 bits per heavy atom. The first-order valence-electron chi connectivity index (χ1n) is 6.32. The SMILES string of the molecule is O=C(Cn1cnc2ccccc21)c1cccc([N+](=O)[O-])c1. The van der Waals surface area contributed by atoms with Gasteiger partial charge in [0.1, 0.15) is 0 Å². The number of Topliss-reactive ketones (excluding diaryl/α,β-unsaturated/α-hetero) is 1. The lowest BCUT2D eigenvalue weighted by Gasteiger charge is -2.04. The van der Waals surface area contributed by atoms with Crippen LogP contribution >= 0.6 is 0 Å². The van der Waals surface area contributed by atoms with Crippen molar-refractivity contribution < 1.29 is 9.72 Å². The number of benzene rings is 2. The van der Waals surface area contributed by atoms with E-state index in [9.17, 15) is 14.9 Å². The molecule has 0 bridgehead atoms. The van der Waals surface area contributed by atoms with Crippen molar-refractivity contribution in [2.45, 2.75) is 6.54 Å². The van der Waals surface area contributed by atoms with Crippen molar-refractivity contribution in [3.63, 3.8) is 0 Å². The molecule has 0 atom stereocenters. The van der Waals surface area contributed by atoms with Crippen LogP contribution in [-0.2, 0) is 6.54 Å². The van der Waals surface area contributed by atoms with E-state index in [0.29, 0.717) is 5.56 Å². The second kappa shape index (κ2) is 5.16. The molecule has 0 aliphatic rings. The van der Waals surface area contributed by atoms with Crippen molar-refractivity contribution in [2.24, 2.45) is 0 Å². The molecule has 3 aromatic rings. The highest BCUT2D eigenvalue weighted by Crippen LogP contribution is 2.16. The van der Waals surface area contributed by atoms with E-state index in [4.69, 9.17) is 0 Å². The molecule has 0 aliphatic heterocycles. The first-order chi connectivity index (χ1) is 10.1. The number of ketones is 1. The standard InChI is InChI=1S/C15H11N3O3/c19-15(11-4-3-5-12(8-11)18(20)21)9-17-10-16-13-6-1-2-7-14(13)17/h1-8,10H,9H2. The Kier molecular flexibility index (Phi) is 3.19. The molecule has 0 saturated heterocycles. The van der Waals surface area contributed by atoms with Gasteiger partial charge in [-0.15, -0.1) is 0 Å². The highest BCUT2D eigenvalue weighted by Gasteiger charge is 2.13. The number of hydrogen-bond donors (Lipinski definition) is 0. The quantitative estimate of drug-likeness (QED) is 0.418. The number of nitro benzene ring substituents is 1. The van der Waals surface area contributed by atoms with Crippen molar-refractivity contribution in [1.29, 1.82) is 0 Å². The van der Waals surface area contributed by atoms with Crippen molar-refractivity contribution >= 4 is 22.5 Å². The van der Waals surface area contributed by atoms with E-state index in [0.717, 1.165) is 11.0 Å². The number of imidazole rings is 1. The molecule has 0 spiro atoms. The fourth-order valence-electron chi connectivity index (χ4n) is 2.18. The maximum absolute atomic E-state index is 12.3. The molecule has 6 heteroatoms. The Morgan fingerprint density at radius 1 is 1.19 bits per heavy atom. The number of nitro groups is 1. The molecule has 104 valence electrons. The van der Waals surface area contributed by atoms with Gasteiger partial charge >= 0.3 is 0 Å². The summed E-state index contributed by atoms with van der Waals surface area (Å²) in [4.78, 5) is 26.7. The molecule has 1 aromatic heterocycles. The monoisotopic (exact) mass is 281 g/mol. The summed E-state index contributed by atoms with van der Waals surface area (Å²) in [6.45, 7) is 0.0989. The van der Waals surface area contributed by atoms with E-state index < -0.39 is 4.92 Å². The van der Waals surface area contributed by atoms with Crippen LogP contribution in [0.2, 0.25) is 0 Å². The summed E-state index contributed by atoms with van der Waals surface area (Å²) in [5, 5.41) is 10.7. The van der Waals surface area contributed by atoms with Crippen LogP contribution in [0.3, 0.4) is 0 Å². The molecular weight excluding hydrogens is 270 g/mol. The maximum atomic E-state index is 12.3. The van der Waals surface area contributed by atoms with Crippen LogP contribution in [0, 0.1) is 10.1 Å². The molecule has 1 heterocycles. The zero-order chi connectivity index (χ0) is 14.8. The second-order valence-electron chi connectivity index (χ2n) is 4.59. The van der Waals surface area contributed by atoms with E-state index in [2.05, 4.69) is 4.98 Å². The van der Waals surface area contributed by atoms with Gasteiger partial charge in [-0.3, -0.25) is 14.9 Å². The Bertz CT molecular complexity index is 839. The number of fused-ring (bicyclic) bond motifs is 1. The minimum absolute atomic E-state index is 0.0867. The Balaban J connectivity index is 1.89. The minimum atomic E-state index is -0.511. The third-order valence-electron chi connectivity index (χ3n) is 3.22. The van der Waals surface area contributed by atoms with E-state index >= 15 is 0 Å². The van der Waals surface area contributed by atoms with Gasteiger partial charge in [-0.25, -0.2) is 4.98 Å². The van der Waals surface area contributed by atoms with Gasteiger partial charge < -0.3 is 4.57 Å². The lowest BCUT2D eigenvalue weighted by Crippen LogP contribution is -2.09. The number of carbonyl (C=O) groups excluding carboxylic acids is 1. The zero-order valence-corrected chi connectivity index (χ0v) is 11.0. The zero-order valence-electron chi connectivity index (χ0n) is 11.0. The first-order valence-corrected chi connectivity index (χ1v) is 6.32. The molecule has 0 radical (unpaired) electrons. The summed E-state index contributed by atoms with van der Waals surface area (Å²) in [6.07, 6.45) is 1.60. The van der Waals surface area contributed by atoms with Crippen molar-refractivity contribution in [1.82, 2.24) is 9.55 Å². The van der Waals surface area contributed by atoms with Gasteiger partial charge in [-0.05, 0) is 12.1 Å². The summed E-state index contributed by atoms with van der Waals surface area (Å²) < 4.78 is 1.73. The highest BCUT2D eigenvalue weighted by atomic mass is 16.6. The normalized spacial score (nSPS) is 10.7.